The summed E-state index contributed by atoms with van der Waals surface area (Å²) in [5.74, 6) is -0.302. The van der Waals surface area contributed by atoms with Crippen molar-refractivity contribution < 1.29 is 9.59 Å². The van der Waals surface area contributed by atoms with Crippen molar-refractivity contribution in [3.63, 3.8) is 0 Å². The van der Waals surface area contributed by atoms with Gasteiger partial charge < -0.3 is 5.32 Å². The first-order chi connectivity index (χ1) is 10.0. The number of carbonyl (C=O) groups is 2. The van der Waals surface area contributed by atoms with Gasteiger partial charge in [-0.05, 0) is 31.1 Å². The predicted octanol–water partition coefficient (Wildman–Crippen LogP) is 4.88. The fourth-order valence-corrected chi connectivity index (χ4v) is 3.07. The predicted molar refractivity (Wildman–Crippen MR) is 86.2 cm³/mol. The Balaban J connectivity index is 2.25. The van der Waals surface area contributed by atoms with Crippen LogP contribution in [0.4, 0.5) is 5.69 Å². The molecule has 0 aliphatic heterocycles. The molecule has 1 aliphatic carbocycles. The summed E-state index contributed by atoms with van der Waals surface area (Å²) >= 11 is 12.4. The normalized spacial score (nSPS) is 15.5. The quantitative estimate of drug-likeness (QED) is 0.633. The number of benzene rings is 1. The molecule has 2 rings (SSSR count). The molecule has 0 saturated heterocycles. The van der Waals surface area contributed by atoms with Crippen molar-refractivity contribution >= 4 is 40.6 Å². The van der Waals surface area contributed by atoms with Crippen LogP contribution in [0.3, 0.4) is 0 Å². The van der Waals surface area contributed by atoms with Gasteiger partial charge in [0.2, 0.25) is 5.91 Å². The molecule has 3 nitrogen and oxygen atoms in total. The molecule has 1 aromatic rings. The zero-order valence-corrected chi connectivity index (χ0v) is 13.1. The zero-order valence-electron chi connectivity index (χ0n) is 11.6. The molecule has 5 heteroatoms. The SMILES string of the molecule is C=CC(=O)Nc1ccc(C(=O)C2CCCCC2)c(Cl)c1Cl. The number of halogens is 2. The van der Waals surface area contributed by atoms with Crippen LogP contribution in [-0.4, -0.2) is 11.7 Å². The minimum absolute atomic E-state index is 0.0286. The summed E-state index contributed by atoms with van der Waals surface area (Å²) in [6.07, 6.45) is 6.30. The largest absolute Gasteiger partial charge is 0.321 e. The van der Waals surface area contributed by atoms with Gasteiger partial charge >= 0.3 is 0 Å². The van der Waals surface area contributed by atoms with Crippen molar-refractivity contribution in [1.29, 1.82) is 0 Å². The summed E-state index contributed by atoms with van der Waals surface area (Å²) in [7, 11) is 0. The summed E-state index contributed by atoms with van der Waals surface area (Å²) in [6.45, 7) is 3.37. The third-order valence-electron chi connectivity index (χ3n) is 3.77. The van der Waals surface area contributed by atoms with E-state index in [1.807, 2.05) is 0 Å². The molecule has 0 bridgehead atoms. The third kappa shape index (κ3) is 3.66. The topological polar surface area (TPSA) is 46.2 Å². The molecule has 0 spiro atoms. The van der Waals surface area contributed by atoms with E-state index in [4.69, 9.17) is 23.2 Å². The lowest BCUT2D eigenvalue weighted by molar-refractivity contribution is -0.111. The van der Waals surface area contributed by atoms with Crippen LogP contribution in [0.1, 0.15) is 42.5 Å². The highest BCUT2D eigenvalue weighted by molar-refractivity contribution is 6.45. The number of hydrogen-bond acceptors (Lipinski definition) is 2. The second kappa shape index (κ2) is 7.10. The van der Waals surface area contributed by atoms with Gasteiger partial charge in [0.05, 0.1) is 15.7 Å². The number of carbonyl (C=O) groups excluding carboxylic acids is 2. The molecule has 1 saturated carbocycles. The third-order valence-corrected chi connectivity index (χ3v) is 4.65. The van der Waals surface area contributed by atoms with Crippen LogP contribution in [0.2, 0.25) is 10.0 Å². The van der Waals surface area contributed by atoms with E-state index in [9.17, 15) is 9.59 Å². The van der Waals surface area contributed by atoms with Crippen LogP contribution < -0.4 is 5.32 Å². The van der Waals surface area contributed by atoms with Crippen LogP contribution >= 0.6 is 23.2 Å². The fraction of sp³-hybridized carbons (Fsp3) is 0.375. The van der Waals surface area contributed by atoms with Crippen molar-refractivity contribution in [3.05, 3.63) is 40.4 Å². The molecule has 1 aromatic carbocycles. The van der Waals surface area contributed by atoms with E-state index in [0.29, 0.717) is 11.3 Å². The molecular formula is C16H17Cl2NO2. The number of ketones is 1. The lowest BCUT2D eigenvalue weighted by atomic mass is 9.84. The van der Waals surface area contributed by atoms with Gasteiger partial charge in [-0.1, -0.05) is 49.0 Å². The Bertz CT molecular complexity index is 578. The highest BCUT2D eigenvalue weighted by atomic mass is 35.5. The highest BCUT2D eigenvalue weighted by Gasteiger charge is 2.25. The van der Waals surface area contributed by atoms with Crippen molar-refractivity contribution in [1.82, 2.24) is 0 Å². The van der Waals surface area contributed by atoms with Gasteiger partial charge in [0, 0.05) is 11.5 Å². The number of nitrogens with one attached hydrogen (secondary N) is 1. The highest BCUT2D eigenvalue weighted by Crippen LogP contribution is 2.36. The first-order valence-electron chi connectivity index (χ1n) is 7.00. The summed E-state index contributed by atoms with van der Waals surface area (Å²) in [6, 6.07) is 3.23. The fourth-order valence-electron chi connectivity index (χ4n) is 2.60. The van der Waals surface area contributed by atoms with E-state index in [1.165, 1.54) is 6.42 Å². The minimum Gasteiger partial charge on any atom is -0.321 e. The van der Waals surface area contributed by atoms with Gasteiger partial charge in [0.15, 0.2) is 5.78 Å². The number of hydrogen-bond donors (Lipinski definition) is 1. The Labute approximate surface area is 134 Å². The molecule has 21 heavy (non-hydrogen) atoms. The van der Waals surface area contributed by atoms with E-state index in [0.717, 1.165) is 31.8 Å². The average molecular weight is 326 g/mol. The van der Waals surface area contributed by atoms with Gasteiger partial charge in [0.25, 0.3) is 0 Å². The molecule has 0 aromatic heterocycles. The van der Waals surface area contributed by atoms with Crippen LogP contribution in [-0.2, 0) is 4.79 Å². The van der Waals surface area contributed by atoms with Gasteiger partial charge in [0.1, 0.15) is 0 Å². The standard InChI is InChI=1S/C16H17Cl2NO2/c1-2-13(20)19-12-9-8-11(14(17)15(12)18)16(21)10-6-4-3-5-7-10/h2,8-10H,1,3-7H2,(H,19,20). The van der Waals surface area contributed by atoms with Crippen LogP contribution in [0.5, 0.6) is 0 Å². The van der Waals surface area contributed by atoms with Crippen LogP contribution in [0.25, 0.3) is 0 Å². The van der Waals surface area contributed by atoms with Gasteiger partial charge in [-0.3, -0.25) is 9.59 Å². The molecule has 1 N–H and O–H groups in total. The van der Waals surface area contributed by atoms with Gasteiger partial charge in [-0.25, -0.2) is 0 Å². The van der Waals surface area contributed by atoms with E-state index < -0.39 is 0 Å². The van der Waals surface area contributed by atoms with E-state index in [-0.39, 0.29) is 27.7 Å². The molecule has 0 radical (unpaired) electrons. The molecule has 0 heterocycles. The summed E-state index contributed by atoms with van der Waals surface area (Å²) in [5, 5.41) is 2.95. The molecule has 1 amide bonds. The zero-order chi connectivity index (χ0) is 15.4. The van der Waals surface area contributed by atoms with Crippen LogP contribution in [0.15, 0.2) is 24.8 Å². The summed E-state index contributed by atoms with van der Waals surface area (Å²) in [4.78, 5) is 23.8. The van der Waals surface area contributed by atoms with Crippen molar-refractivity contribution in [3.8, 4) is 0 Å². The Kier molecular flexibility index (Phi) is 5.43. The lowest BCUT2D eigenvalue weighted by Gasteiger charge is -2.21. The maximum Gasteiger partial charge on any atom is 0.247 e. The number of anilines is 1. The number of amides is 1. The van der Waals surface area contributed by atoms with E-state index >= 15 is 0 Å². The molecule has 0 atom stereocenters. The monoisotopic (exact) mass is 325 g/mol. The summed E-state index contributed by atoms with van der Waals surface area (Å²) in [5.41, 5.74) is 0.817. The van der Waals surface area contributed by atoms with Crippen molar-refractivity contribution in [2.24, 2.45) is 5.92 Å². The average Bonchev–Trinajstić information content (AvgIpc) is 2.52. The molecule has 1 fully saturated rings. The van der Waals surface area contributed by atoms with Crippen molar-refractivity contribution in [2.45, 2.75) is 32.1 Å². The summed E-state index contributed by atoms with van der Waals surface area (Å²) < 4.78 is 0. The maximum atomic E-state index is 12.5. The van der Waals surface area contributed by atoms with Gasteiger partial charge in [-0.15, -0.1) is 0 Å². The number of Topliss-reactive ketones (excluding diaryl/α,β-unsaturated/α-hetero) is 1. The molecule has 0 unspecified atom stereocenters. The molecule has 1 aliphatic rings. The first-order valence-corrected chi connectivity index (χ1v) is 7.75. The first kappa shape index (κ1) is 16.1. The Morgan fingerprint density at radius 3 is 2.43 bits per heavy atom. The smallest absolute Gasteiger partial charge is 0.247 e. The van der Waals surface area contributed by atoms with E-state index in [2.05, 4.69) is 11.9 Å². The van der Waals surface area contributed by atoms with Crippen molar-refractivity contribution in [2.75, 3.05) is 5.32 Å². The van der Waals surface area contributed by atoms with E-state index in [1.54, 1.807) is 12.1 Å². The lowest BCUT2D eigenvalue weighted by Crippen LogP contribution is -2.18. The Morgan fingerprint density at radius 1 is 1.14 bits per heavy atom. The van der Waals surface area contributed by atoms with Crippen LogP contribution in [0, 0.1) is 5.92 Å². The van der Waals surface area contributed by atoms with Gasteiger partial charge in [-0.2, -0.15) is 0 Å². The second-order valence-corrected chi connectivity index (χ2v) is 5.94. The Hall–Kier alpha value is -1.32. The second-order valence-electron chi connectivity index (χ2n) is 5.18. The molecular weight excluding hydrogens is 309 g/mol. The minimum atomic E-state index is -0.376. The Morgan fingerprint density at radius 2 is 1.81 bits per heavy atom. The maximum absolute atomic E-state index is 12.5. The molecule has 112 valence electrons. The number of rotatable bonds is 4.